The Kier molecular flexibility index (Phi) is 5.51. The number of hydrogen-bond donors (Lipinski definition) is 1. The molecule has 0 radical (unpaired) electrons. The highest BCUT2D eigenvalue weighted by atomic mass is 35.5. The van der Waals surface area contributed by atoms with E-state index in [9.17, 15) is 14.7 Å². The number of furan rings is 1. The van der Waals surface area contributed by atoms with Crippen LogP contribution in [0.15, 0.2) is 63.9 Å². The van der Waals surface area contributed by atoms with Gasteiger partial charge in [0.15, 0.2) is 4.32 Å². The molecule has 1 aliphatic rings. The van der Waals surface area contributed by atoms with Crippen LogP contribution in [-0.2, 0) is 4.79 Å². The summed E-state index contributed by atoms with van der Waals surface area (Å²) in [5.41, 5.74) is 2.32. The minimum absolute atomic E-state index is 0.00820. The number of anilines is 1. The molecule has 5 nitrogen and oxygen atoms in total. The molecule has 8 heteroatoms. The Bertz CT molecular complexity index is 1230. The van der Waals surface area contributed by atoms with Gasteiger partial charge in [0.25, 0.3) is 5.91 Å². The second-order valence-corrected chi connectivity index (χ2v) is 8.64. The maximum atomic E-state index is 12.9. The van der Waals surface area contributed by atoms with Crippen LogP contribution in [0.5, 0.6) is 0 Å². The van der Waals surface area contributed by atoms with Gasteiger partial charge in [-0.15, -0.1) is 0 Å². The van der Waals surface area contributed by atoms with Gasteiger partial charge in [0.1, 0.15) is 11.5 Å². The second kappa shape index (κ2) is 8.10. The van der Waals surface area contributed by atoms with Gasteiger partial charge in [-0.25, -0.2) is 4.79 Å². The van der Waals surface area contributed by atoms with Crippen LogP contribution < -0.4 is 4.90 Å². The standard InChI is InChI=1S/C22H14ClNO4S2/c1-12-3-2-4-14(9-12)24-20(25)19(30-22(24)29)11-15-6-8-18(28-15)13-5-7-17(23)16(10-13)21(26)27/h2-11H,1H3,(H,26,27)/b19-11-. The maximum Gasteiger partial charge on any atom is 0.337 e. The van der Waals surface area contributed by atoms with E-state index in [0.29, 0.717) is 26.3 Å². The molecule has 0 atom stereocenters. The number of thiocarbonyl (C=S) groups is 1. The Morgan fingerprint density at radius 2 is 2.00 bits per heavy atom. The molecule has 1 fully saturated rings. The van der Waals surface area contributed by atoms with Gasteiger partial charge in [-0.3, -0.25) is 9.69 Å². The molecule has 0 unspecified atom stereocenters. The highest BCUT2D eigenvalue weighted by Gasteiger charge is 2.33. The Labute approximate surface area is 186 Å². The lowest BCUT2D eigenvalue weighted by molar-refractivity contribution is -0.113. The first-order valence-electron chi connectivity index (χ1n) is 8.81. The van der Waals surface area contributed by atoms with Crippen LogP contribution in [0, 0.1) is 6.92 Å². The van der Waals surface area contributed by atoms with Crippen LogP contribution >= 0.6 is 35.6 Å². The van der Waals surface area contributed by atoms with E-state index in [4.69, 9.17) is 28.2 Å². The lowest BCUT2D eigenvalue weighted by Gasteiger charge is -2.14. The van der Waals surface area contributed by atoms with Crippen molar-refractivity contribution in [2.24, 2.45) is 0 Å². The number of amides is 1. The summed E-state index contributed by atoms with van der Waals surface area (Å²) in [7, 11) is 0. The Morgan fingerprint density at radius 3 is 2.73 bits per heavy atom. The number of carboxylic acids is 1. The van der Waals surface area contributed by atoms with Gasteiger partial charge in [-0.05, 0) is 55.0 Å². The number of rotatable bonds is 4. The molecular formula is C22H14ClNO4S2. The molecule has 2 aromatic carbocycles. The third-order valence-electron chi connectivity index (χ3n) is 4.43. The van der Waals surface area contributed by atoms with Gasteiger partial charge >= 0.3 is 5.97 Å². The number of carboxylic acid groups (broad SMARTS) is 1. The number of carbonyl (C=O) groups excluding carboxylic acids is 1. The summed E-state index contributed by atoms with van der Waals surface area (Å²) in [6, 6.07) is 15.6. The van der Waals surface area contributed by atoms with E-state index in [1.807, 2.05) is 31.2 Å². The molecule has 30 heavy (non-hydrogen) atoms. The molecule has 1 aliphatic heterocycles. The van der Waals surface area contributed by atoms with E-state index in [1.165, 1.54) is 28.8 Å². The molecule has 0 aliphatic carbocycles. The normalized spacial score (nSPS) is 15.3. The van der Waals surface area contributed by atoms with Gasteiger partial charge in [-0.1, -0.05) is 47.7 Å². The number of hydrogen-bond acceptors (Lipinski definition) is 5. The van der Waals surface area contributed by atoms with Gasteiger partial charge in [0.2, 0.25) is 0 Å². The average molecular weight is 456 g/mol. The van der Waals surface area contributed by atoms with Crippen molar-refractivity contribution in [3.8, 4) is 11.3 Å². The average Bonchev–Trinajstić information content (AvgIpc) is 3.26. The van der Waals surface area contributed by atoms with Crippen molar-refractivity contribution in [1.82, 2.24) is 0 Å². The summed E-state index contributed by atoms with van der Waals surface area (Å²) in [6.07, 6.45) is 1.63. The van der Waals surface area contributed by atoms with Crippen LogP contribution in [0.4, 0.5) is 5.69 Å². The number of aryl methyl sites for hydroxylation is 1. The molecule has 3 aromatic rings. The lowest BCUT2D eigenvalue weighted by Crippen LogP contribution is -2.27. The first-order valence-corrected chi connectivity index (χ1v) is 10.4. The van der Waals surface area contributed by atoms with E-state index in [1.54, 1.807) is 24.3 Å². The van der Waals surface area contributed by atoms with Crippen LogP contribution in [0.1, 0.15) is 21.7 Å². The number of nitrogens with zero attached hydrogens (tertiary/aromatic N) is 1. The fraction of sp³-hybridized carbons (Fsp3) is 0.0455. The van der Waals surface area contributed by atoms with Crippen molar-refractivity contribution in [3.63, 3.8) is 0 Å². The number of carbonyl (C=O) groups is 2. The largest absolute Gasteiger partial charge is 0.478 e. The second-order valence-electron chi connectivity index (χ2n) is 6.56. The summed E-state index contributed by atoms with van der Waals surface area (Å²) in [4.78, 5) is 26.1. The molecule has 4 rings (SSSR count). The topological polar surface area (TPSA) is 70.8 Å². The van der Waals surface area contributed by atoms with Gasteiger partial charge in [-0.2, -0.15) is 0 Å². The number of aromatic carboxylic acids is 1. The number of thioether (sulfide) groups is 1. The Morgan fingerprint density at radius 1 is 1.20 bits per heavy atom. The molecule has 1 saturated heterocycles. The van der Waals surface area contributed by atoms with E-state index >= 15 is 0 Å². The quantitative estimate of drug-likeness (QED) is 0.383. The van der Waals surface area contributed by atoms with Crippen LogP contribution in [0.3, 0.4) is 0 Å². The predicted octanol–water partition coefficient (Wildman–Crippen LogP) is 6.01. The van der Waals surface area contributed by atoms with Crippen molar-refractivity contribution >= 4 is 63.5 Å². The van der Waals surface area contributed by atoms with Crippen molar-refractivity contribution in [2.75, 3.05) is 4.90 Å². The SMILES string of the molecule is Cc1cccc(N2C(=O)/C(=C/c3ccc(-c4ccc(Cl)c(C(=O)O)c4)o3)SC2=S)c1. The number of halogens is 1. The van der Waals surface area contributed by atoms with Crippen molar-refractivity contribution < 1.29 is 19.1 Å². The van der Waals surface area contributed by atoms with E-state index in [0.717, 1.165) is 11.3 Å². The van der Waals surface area contributed by atoms with Crippen LogP contribution in [0.25, 0.3) is 17.4 Å². The summed E-state index contributed by atoms with van der Waals surface area (Å²) in [5, 5.41) is 9.39. The first kappa shape index (κ1) is 20.4. The van der Waals surface area contributed by atoms with E-state index < -0.39 is 5.97 Å². The summed E-state index contributed by atoms with van der Waals surface area (Å²) in [5.74, 6) is -0.405. The summed E-state index contributed by atoms with van der Waals surface area (Å²) >= 11 is 12.5. The predicted molar refractivity (Wildman–Crippen MR) is 123 cm³/mol. The molecule has 0 spiro atoms. The molecule has 1 amide bonds. The van der Waals surface area contributed by atoms with Crippen molar-refractivity contribution in [2.45, 2.75) is 6.92 Å². The highest BCUT2D eigenvalue weighted by molar-refractivity contribution is 8.27. The summed E-state index contributed by atoms with van der Waals surface area (Å²) in [6.45, 7) is 1.95. The number of benzene rings is 2. The van der Waals surface area contributed by atoms with Crippen LogP contribution in [0.2, 0.25) is 5.02 Å². The zero-order valence-electron chi connectivity index (χ0n) is 15.6. The minimum atomic E-state index is -1.12. The minimum Gasteiger partial charge on any atom is -0.478 e. The molecule has 150 valence electrons. The van der Waals surface area contributed by atoms with Crippen LogP contribution in [-0.4, -0.2) is 21.3 Å². The fourth-order valence-electron chi connectivity index (χ4n) is 3.01. The molecule has 0 saturated carbocycles. The smallest absolute Gasteiger partial charge is 0.337 e. The monoisotopic (exact) mass is 455 g/mol. The zero-order chi connectivity index (χ0) is 21.4. The van der Waals surface area contributed by atoms with Gasteiger partial charge < -0.3 is 9.52 Å². The van der Waals surface area contributed by atoms with Gasteiger partial charge in [0, 0.05) is 11.6 Å². The zero-order valence-corrected chi connectivity index (χ0v) is 18.0. The van der Waals surface area contributed by atoms with Gasteiger partial charge in [0.05, 0.1) is 21.2 Å². The fourth-order valence-corrected chi connectivity index (χ4v) is 4.49. The molecule has 2 heterocycles. The molecule has 1 aromatic heterocycles. The summed E-state index contributed by atoms with van der Waals surface area (Å²) < 4.78 is 6.26. The van der Waals surface area contributed by atoms with Crippen molar-refractivity contribution in [3.05, 3.63) is 81.4 Å². The molecule has 1 N–H and O–H groups in total. The third-order valence-corrected chi connectivity index (χ3v) is 6.07. The third kappa shape index (κ3) is 3.92. The maximum absolute atomic E-state index is 12.9. The van der Waals surface area contributed by atoms with Crippen molar-refractivity contribution in [1.29, 1.82) is 0 Å². The molecular weight excluding hydrogens is 442 g/mol. The molecule has 0 bridgehead atoms. The van der Waals surface area contributed by atoms with E-state index in [-0.39, 0.29) is 16.5 Å². The Hall–Kier alpha value is -2.87. The van der Waals surface area contributed by atoms with E-state index in [2.05, 4.69) is 0 Å². The highest BCUT2D eigenvalue weighted by Crippen LogP contribution is 2.37. The Balaban J connectivity index is 1.62. The first-order chi connectivity index (χ1) is 14.3. The lowest BCUT2D eigenvalue weighted by atomic mass is 10.1.